The molecule has 1 saturated heterocycles. The highest BCUT2D eigenvalue weighted by Crippen LogP contribution is 2.44. The molecule has 3 aliphatic rings. The van der Waals surface area contributed by atoms with E-state index in [1.54, 1.807) is 0 Å². The summed E-state index contributed by atoms with van der Waals surface area (Å²) in [6.45, 7) is 0.554. The maximum Gasteiger partial charge on any atom is 0.408 e. The highest BCUT2D eigenvalue weighted by molar-refractivity contribution is 5.91. The topological polar surface area (TPSA) is 114 Å². The van der Waals surface area contributed by atoms with Crippen LogP contribution >= 0.6 is 0 Å². The first-order valence-electron chi connectivity index (χ1n) is 11.2. The molecule has 0 spiro atoms. The monoisotopic (exact) mass is 450 g/mol. The molecule has 33 heavy (non-hydrogen) atoms. The number of rotatable bonds is 6. The highest BCUT2D eigenvalue weighted by atomic mass is 16.6. The van der Waals surface area contributed by atoms with Gasteiger partial charge in [-0.1, -0.05) is 48.5 Å². The van der Waals surface area contributed by atoms with E-state index in [1.165, 1.54) is 0 Å². The van der Waals surface area contributed by atoms with Crippen molar-refractivity contribution in [1.82, 2.24) is 10.6 Å². The predicted octanol–water partition coefficient (Wildman–Crippen LogP) is 2.66. The van der Waals surface area contributed by atoms with Crippen molar-refractivity contribution in [2.45, 2.75) is 36.8 Å². The number of amides is 2. The first-order valence-corrected chi connectivity index (χ1v) is 11.2. The lowest BCUT2D eigenvalue weighted by atomic mass is 9.80. The van der Waals surface area contributed by atoms with Crippen LogP contribution in [0.5, 0.6) is 0 Å². The van der Waals surface area contributed by atoms with Crippen molar-refractivity contribution >= 4 is 18.0 Å². The Bertz CT molecular complexity index is 1040. The van der Waals surface area contributed by atoms with Crippen LogP contribution in [0.3, 0.4) is 0 Å². The predicted molar refractivity (Wildman–Crippen MR) is 119 cm³/mol. The van der Waals surface area contributed by atoms with Crippen LogP contribution in [-0.2, 0) is 19.1 Å². The van der Waals surface area contributed by atoms with E-state index in [0.717, 1.165) is 22.3 Å². The number of carboxylic acid groups (broad SMARTS) is 1. The zero-order valence-corrected chi connectivity index (χ0v) is 18.1. The number of alkyl carbamates (subject to hydrolysis) is 1. The van der Waals surface area contributed by atoms with Crippen LogP contribution in [-0.4, -0.2) is 54.5 Å². The van der Waals surface area contributed by atoms with Crippen LogP contribution < -0.4 is 10.6 Å². The number of aliphatic carboxylic acids is 1. The average Bonchev–Trinajstić information content (AvgIpc) is 3.38. The Balaban J connectivity index is 1.23. The summed E-state index contributed by atoms with van der Waals surface area (Å²) in [4.78, 5) is 36.7. The fourth-order valence-electron chi connectivity index (χ4n) is 4.99. The molecule has 3 N–H and O–H groups in total. The fourth-order valence-corrected chi connectivity index (χ4v) is 4.99. The molecule has 2 amide bonds. The number of carboxylic acids is 1. The molecule has 2 aliphatic carbocycles. The molecule has 1 heterocycles. The molecule has 8 heteroatoms. The number of carbonyl (C=O) groups excluding carboxylic acids is 2. The van der Waals surface area contributed by atoms with Crippen molar-refractivity contribution in [3.05, 3.63) is 59.7 Å². The number of hydrogen-bond acceptors (Lipinski definition) is 5. The maximum atomic E-state index is 13.0. The van der Waals surface area contributed by atoms with Crippen molar-refractivity contribution in [2.24, 2.45) is 5.92 Å². The summed E-state index contributed by atoms with van der Waals surface area (Å²) >= 11 is 0. The van der Waals surface area contributed by atoms with Crippen molar-refractivity contribution in [3.8, 4) is 11.1 Å². The summed E-state index contributed by atoms with van der Waals surface area (Å²) in [7, 11) is 0. The summed E-state index contributed by atoms with van der Waals surface area (Å²) in [5.74, 6) is -1.71. The SMILES string of the molecule is O=C(NC1(C(=O)NC2CC(C(=O)O)C2)CCOC1)OCC1c2ccccc2-c2ccccc21. The van der Waals surface area contributed by atoms with E-state index >= 15 is 0 Å². The molecule has 0 aromatic heterocycles. The number of ether oxygens (including phenoxy) is 2. The minimum atomic E-state index is -1.21. The smallest absolute Gasteiger partial charge is 0.408 e. The molecule has 2 aromatic rings. The zero-order chi connectivity index (χ0) is 23.0. The van der Waals surface area contributed by atoms with Gasteiger partial charge >= 0.3 is 12.1 Å². The third-order valence-corrected chi connectivity index (χ3v) is 6.96. The molecule has 172 valence electrons. The number of benzene rings is 2. The molecule has 8 nitrogen and oxygen atoms in total. The van der Waals surface area contributed by atoms with Gasteiger partial charge in [0.25, 0.3) is 0 Å². The van der Waals surface area contributed by atoms with Crippen LogP contribution in [0.2, 0.25) is 0 Å². The van der Waals surface area contributed by atoms with Gasteiger partial charge in [-0.05, 0) is 35.1 Å². The first-order chi connectivity index (χ1) is 16.0. The normalized spacial score (nSPS) is 25.5. The zero-order valence-electron chi connectivity index (χ0n) is 18.1. The lowest BCUT2D eigenvalue weighted by Crippen LogP contribution is -2.62. The lowest BCUT2D eigenvalue weighted by molar-refractivity contribution is -0.146. The first kappa shape index (κ1) is 21.5. The number of hydrogen-bond donors (Lipinski definition) is 3. The van der Waals surface area contributed by atoms with Crippen LogP contribution in [0.4, 0.5) is 4.79 Å². The van der Waals surface area contributed by atoms with Crippen LogP contribution in [0.25, 0.3) is 11.1 Å². The van der Waals surface area contributed by atoms with Gasteiger partial charge in [0.15, 0.2) is 0 Å². The number of nitrogens with one attached hydrogen (secondary N) is 2. The van der Waals surface area contributed by atoms with Gasteiger partial charge in [-0.25, -0.2) is 4.79 Å². The van der Waals surface area contributed by atoms with Gasteiger partial charge in [0.2, 0.25) is 5.91 Å². The van der Waals surface area contributed by atoms with Crippen LogP contribution in [0.15, 0.2) is 48.5 Å². The van der Waals surface area contributed by atoms with Gasteiger partial charge in [0.05, 0.1) is 12.5 Å². The Labute approximate surface area is 191 Å². The van der Waals surface area contributed by atoms with E-state index in [0.29, 0.717) is 25.9 Å². The average molecular weight is 450 g/mol. The largest absolute Gasteiger partial charge is 0.481 e. The van der Waals surface area contributed by atoms with Gasteiger partial charge in [-0.2, -0.15) is 0 Å². The molecular weight excluding hydrogens is 424 g/mol. The summed E-state index contributed by atoms with van der Waals surface area (Å²) in [6.07, 6.45) is 0.443. The third-order valence-electron chi connectivity index (χ3n) is 6.96. The van der Waals surface area contributed by atoms with E-state index in [9.17, 15) is 14.4 Å². The Morgan fingerprint density at radius 1 is 1.03 bits per heavy atom. The van der Waals surface area contributed by atoms with Crippen LogP contribution in [0.1, 0.15) is 36.3 Å². The maximum absolute atomic E-state index is 13.0. The van der Waals surface area contributed by atoms with Crippen molar-refractivity contribution < 1.29 is 29.0 Å². The van der Waals surface area contributed by atoms with E-state index < -0.39 is 23.5 Å². The highest BCUT2D eigenvalue weighted by Gasteiger charge is 2.46. The van der Waals surface area contributed by atoms with Gasteiger partial charge in [-0.3, -0.25) is 9.59 Å². The Morgan fingerprint density at radius 3 is 2.24 bits per heavy atom. The minimum absolute atomic E-state index is 0.0537. The molecular formula is C25H26N2O6. The molecule has 1 saturated carbocycles. The standard InChI is InChI=1S/C25H26N2O6/c28-22(29)15-11-16(12-15)26-23(30)25(9-10-32-14-25)27-24(31)33-13-21-19-7-3-1-5-17(19)18-6-2-4-8-20(18)21/h1-8,15-16,21H,9-14H2,(H,26,30)(H,27,31)(H,28,29). The van der Waals surface area contributed by atoms with Gasteiger partial charge in [-0.15, -0.1) is 0 Å². The molecule has 1 atom stereocenters. The minimum Gasteiger partial charge on any atom is -0.481 e. The molecule has 0 bridgehead atoms. The van der Waals surface area contributed by atoms with Gasteiger partial charge in [0, 0.05) is 25.0 Å². The summed E-state index contributed by atoms with van der Waals surface area (Å²) < 4.78 is 11.0. The van der Waals surface area contributed by atoms with E-state index in [-0.39, 0.29) is 31.1 Å². The van der Waals surface area contributed by atoms with E-state index in [2.05, 4.69) is 22.8 Å². The summed E-state index contributed by atoms with van der Waals surface area (Å²) in [5, 5.41) is 14.6. The summed E-state index contributed by atoms with van der Waals surface area (Å²) in [6, 6.07) is 16.0. The molecule has 1 unspecified atom stereocenters. The number of fused-ring (bicyclic) bond motifs is 3. The quantitative estimate of drug-likeness (QED) is 0.624. The van der Waals surface area contributed by atoms with Crippen LogP contribution in [0, 0.1) is 5.92 Å². The summed E-state index contributed by atoms with van der Waals surface area (Å²) in [5.41, 5.74) is 3.29. The second kappa shape index (κ2) is 8.51. The molecule has 0 radical (unpaired) electrons. The molecule has 2 fully saturated rings. The Kier molecular flexibility index (Phi) is 5.54. The van der Waals surface area contributed by atoms with Gasteiger partial charge in [0.1, 0.15) is 12.1 Å². The Hall–Kier alpha value is -3.39. The van der Waals surface area contributed by atoms with Gasteiger partial charge < -0.3 is 25.2 Å². The second-order valence-electron chi connectivity index (χ2n) is 9.01. The van der Waals surface area contributed by atoms with Crippen molar-refractivity contribution in [2.75, 3.05) is 19.8 Å². The van der Waals surface area contributed by atoms with E-state index in [4.69, 9.17) is 14.6 Å². The van der Waals surface area contributed by atoms with Crippen molar-refractivity contribution in [3.63, 3.8) is 0 Å². The number of carbonyl (C=O) groups is 3. The third kappa shape index (κ3) is 3.95. The lowest BCUT2D eigenvalue weighted by Gasteiger charge is -2.36. The van der Waals surface area contributed by atoms with Crippen molar-refractivity contribution in [1.29, 1.82) is 0 Å². The molecule has 5 rings (SSSR count). The fraction of sp³-hybridized carbons (Fsp3) is 0.400. The molecule has 1 aliphatic heterocycles. The molecule has 2 aromatic carbocycles. The van der Waals surface area contributed by atoms with E-state index in [1.807, 2.05) is 36.4 Å². The second-order valence-corrected chi connectivity index (χ2v) is 9.01. The Morgan fingerprint density at radius 2 is 1.67 bits per heavy atom.